The fourth-order valence-corrected chi connectivity index (χ4v) is 11.9. The Bertz CT molecular complexity index is 935. The number of hydrogen-bond acceptors (Lipinski definition) is 3. The second-order valence-corrected chi connectivity index (χ2v) is 23.1. The van der Waals surface area contributed by atoms with Gasteiger partial charge in [-0.15, -0.1) is 0 Å². The summed E-state index contributed by atoms with van der Waals surface area (Å²) in [7, 11) is 0. The molecular formula is C62H122O3. The van der Waals surface area contributed by atoms with Crippen LogP contribution in [0.3, 0.4) is 0 Å². The lowest BCUT2D eigenvalue weighted by atomic mass is 9.91. The molecule has 65 heavy (non-hydrogen) atoms. The van der Waals surface area contributed by atoms with E-state index in [0.29, 0.717) is 6.42 Å². The molecule has 0 bridgehead atoms. The number of unbranched alkanes of at least 4 members (excludes halogenated alkanes) is 42. The molecule has 6 atom stereocenters. The molecule has 3 N–H and O–H groups in total. The molecule has 388 valence electrons. The predicted octanol–water partition coefficient (Wildman–Crippen LogP) is 20.5. The average Bonchev–Trinajstić information content (AvgIpc) is 4.24. The van der Waals surface area contributed by atoms with E-state index in [9.17, 15) is 15.3 Å². The van der Waals surface area contributed by atoms with Crippen molar-refractivity contribution < 1.29 is 15.3 Å². The highest BCUT2D eigenvalue weighted by molar-refractivity contribution is 4.86. The molecule has 2 saturated carbocycles. The molecule has 3 heteroatoms. The summed E-state index contributed by atoms with van der Waals surface area (Å²) in [6.07, 6.45) is 71.4. The van der Waals surface area contributed by atoms with Crippen molar-refractivity contribution in [2.24, 2.45) is 29.6 Å². The number of hydrogen-bond donors (Lipinski definition) is 3. The zero-order valence-electron chi connectivity index (χ0n) is 44.9. The zero-order chi connectivity index (χ0) is 46.5. The van der Waals surface area contributed by atoms with Gasteiger partial charge in [-0.05, 0) is 49.4 Å². The van der Waals surface area contributed by atoms with Gasteiger partial charge < -0.3 is 15.3 Å². The van der Waals surface area contributed by atoms with Crippen molar-refractivity contribution in [2.75, 3.05) is 0 Å². The lowest BCUT2D eigenvalue weighted by Crippen LogP contribution is -2.31. The first kappa shape index (κ1) is 61.0. The Kier molecular flexibility index (Phi) is 43.4. The van der Waals surface area contributed by atoms with Gasteiger partial charge in [0.1, 0.15) is 0 Å². The van der Waals surface area contributed by atoms with Gasteiger partial charge in [0.25, 0.3) is 0 Å². The summed E-state index contributed by atoms with van der Waals surface area (Å²) in [5.74, 6) is 4.04. The summed E-state index contributed by atoms with van der Waals surface area (Å²) < 4.78 is 0. The van der Waals surface area contributed by atoms with E-state index < -0.39 is 12.4 Å². The summed E-state index contributed by atoms with van der Waals surface area (Å²) in [6.45, 7) is 4.67. The van der Waals surface area contributed by atoms with Gasteiger partial charge in [-0.1, -0.05) is 328 Å². The Hall–Kier alpha value is -0.120. The molecule has 2 aliphatic carbocycles. The lowest BCUT2D eigenvalue weighted by molar-refractivity contribution is -0.122. The van der Waals surface area contributed by atoms with Gasteiger partial charge in [-0.25, -0.2) is 0 Å². The van der Waals surface area contributed by atoms with E-state index in [1.165, 1.54) is 289 Å². The van der Waals surface area contributed by atoms with Crippen LogP contribution in [0.25, 0.3) is 0 Å². The number of aliphatic hydroxyl groups is 3. The number of aliphatic hydroxyl groups excluding tert-OH is 2. The van der Waals surface area contributed by atoms with Crippen molar-refractivity contribution in [3.8, 4) is 0 Å². The summed E-state index contributed by atoms with van der Waals surface area (Å²) in [4.78, 5) is 0. The van der Waals surface area contributed by atoms with Crippen LogP contribution in [-0.2, 0) is 0 Å². The van der Waals surface area contributed by atoms with Crippen LogP contribution in [0, 0.1) is 29.6 Å². The molecule has 0 aromatic rings. The molecule has 2 fully saturated rings. The predicted molar refractivity (Wildman–Crippen MR) is 288 cm³/mol. The van der Waals surface area contributed by atoms with Crippen molar-refractivity contribution in [1.82, 2.24) is 0 Å². The van der Waals surface area contributed by atoms with Crippen LogP contribution in [0.2, 0.25) is 0 Å². The van der Waals surface area contributed by atoms with Gasteiger partial charge in [0.2, 0.25) is 0 Å². The molecule has 0 radical (unpaired) electrons. The molecule has 0 aromatic heterocycles. The first-order chi connectivity index (χ1) is 32.1. The minimum Gasteiger partial charge on any atom is -0.393 e. The van der Waals surface area contributed by atoms with Gasteiger partial charge in [0.05, 0.1) is 6.10 Å². The molecule has 0 saturated heterocycles. The fraction of sp³-hybridized carbons (Fsp3) is 1.00. The molecule has 0 heterocycles. The smallest absolute Gasteiger partial charge is 0.156 e. The van der Waals surface area contributed by atoms with E-state index in [1.807, 2.05) is 0 Å². The normalized spacial score (nSPS) is 19.1. The summed E-state index contributed by atoms with van der Waals surface area (Å²) in [5, 5.41) is 30.7. The van der Waals surface area contributed by atoms with Crippen LogP contribution < -0.4 is 0 Å². The molecule has 2 rings (SSSR count). The first-order valence-electron chi connectivity index (χ1n) is 31.1. The van der Waals surface area contributed by atoms with Crippen molar-refractivity contribution in [3.63, 3.8) is 0 Å². The Morgan fingerprint density at radius 3 is 0.769 bits per heavy atom. The van der Waals surface area contributed by atoms with Crippen molar-refractivity contribution >= 4 is 0 Å². The minimum absolute atomic E-state index is 0.385. The van der Waals surface area contributed by atoms with Crippen molar-refractivity contribution in [3.05, 3.63) is 0 Å². The highest BCUT2D eigenvalue weighted by Gasteiger charge is 2.35. The van der Waals surface area contributed by atoms with Crippen LogP contribution >= 0.6 is 0 Å². The molecular weight excluding hydrogens is 793 g/mol. The third-order valence-corrected chi connectivity index (χ3v) is 16.9. The van der Waals surface area contributed by atoms with Crippen LogP contribution in [0.4, 0.5) is 0 Å². The summed E-state index contributed by atoms with van der Waals surface area (Å²) >= 11 is 0. The van der Waals surface area contributed by atoms with Crippen LogP contribution in [0.5, 0.6) is 0 Å². The topological polar surface area (TPSA) is 60.7 Å². The fourth-order valence-electron chi connectivity index (χ4n) is 11.9. The average molecular weight is 916 g/mol. The Morgan fingerprint density at radius 2 is 0.508 bits per heavy atom. The van der Waals surface area contributed by atoms with Gasteiger partial charge in [0.15, 0.2) is 6.29 Å². The molecule has 6 unspecified atom stereocenters. The van der Waals surface area contributed by atoms with E-state index in [2.05, 4.69) is 13.8 Å². The molecule has 2 aliphatic rings. The van der Waals surface area contributed by atoms with E-state index in [4.69, 9.17) is 0 Å². The standard InChI is InChI=1S/C62H122O3/c1-3-5-6-7-8-9-10-11-12-13-14-15-16-17-18-21-24-27-30-37-42-47-52-60(62(64)65)61(63)53-48-43-38-31-28-25-22-19-20-23-26-29-34-40-45-50-58-55-59(58)51-46-41-36-33-32-35-39-44-49-57-54-56(57)4-2/h56-65H,3-55H2,1-2H3. The molecule has 0 amide bonds. The Balaban J connectivity index is 1.21. The first-order valence-corrected chi connectivity index (χ1v) is 31.1. The van der Waals surface area contributed by atoms with Crippen LogP contribution in [0.1, 0.15) is 354 Å². The summed E-state index contributed by atoms with van der Waals surface area (Å²) in [6, 6.07) is 0. The maximum absolute atomic E-state index is 10.8. The van der Waals surface area contributed by atoms with Crippen molar-refractivity contribution in [2.45, 2.75) is 367 Å². The lowest BCUT2D eigenvalue weighted by Gasteiger charge is -2.24. The largest absolute Gasteiger partial charge is 0.393 e. The number of rotatable bonds is 55. The monoisotopic (exact) mass is 915 g/mol. The highest BCUT2D eigenvalue weighted by atomic mass is 16.5. The molecule has 3 nitrogen and oxygen atoms in total. The maximum atomic E-state index is 10.8. The van der Waals surface area contributed by atoms with Gasteiger partial charge in [-0.3, -0.25) is 0 Å². The van der Waals surface area contributed by atoms with Gasteiger partial charge >= 0.3 is 0 Å². The van der Waals surface area contributed by atoms with E-state index in [0.717, 1.165) is 55.8 Å². The quantitative estimate of drug-likeness (QED) is 0.0421. The zero-order valence-corrected chi connectivity index (χ0v) is 44.9. The second kappa shape index (κ2) is 46.3. The molecule has 0 aliphatic heterocycles. The van der Waals surface area contributed by atoms with E-state index >= 15 is 0 Å². The van der Waals surface area contributed by atoms with E-state index in [1.54, 1.807) is 12.8 Å². The Morgan fingerprint density at radius 1 is 0.277 bits per heavy atom. The van der Waals surface area contributed by atoms with E-state index in [-0.39, 0.29) is 5.92 Å². The van der Waals surface area contributed by atoms with Crippen LogP contribution in [0.15, 0.2) is 0 Å². The third-order valence-electron chi connectivity index (χ3n) is 16.9. The molecule has 0 spiro atoms. The SMILES string of the molecule is CCCCCCCCCCCCCCCCCCCCCCCCC(C(O)O)C(O)CCCCCCCCCCCCCCCCCC1CC1CCCCCCCCCCC1CC1CC. The van der Waals surface area contributed by atoms with Gasteiger partial charge in [-0.2, -0.15) is 0 Å². The maximum Gasteiger partial charge on any atom is 0.156 e. The van der Waals surface area contributed by atoms with Crippen LogP contribution in [-0.4, -0.2) is 27.7 Å². The second-order valence-electron chi connectivity index (χ2n) is 23.1. The highest BCUT2D eigenvalue weighted by Crippen LogP contribution is 2.46. The van der Waals surface area contributed by atoms with Gasteiger partial charge in [0, 0.05) is 5.92 Å². The third kappa shape index (κ3) is 39.3. The summed E-state index contributed by atoms with van der Waals surface area (Å²) in [5.41, 5.74) is 0. The minimum atomic E-state index is -1.39. The Labute approximate surface area is 409 Å². The van der Waals surface area contributed by atoms with Crippen molar-refractivity contribution in [1.29, 1.82) is 0 Å². The molecule has 0 aromatic carbocycles.